The zero-order valence-corrected chi connectivity index (χ0v) is 7.14. The fourth-order valence-electron chi connectivity index (χ4n) is 0.783. The molecule has 1 saturated heterocycles. The van der Waals surface area contributed by atoms with E-state index in [2.05, 4.69) is 13.8 Å². The van der Waals surface area contributed by atoms with Crippen molar-refractivity contribution in [3.63, 3.8) is 0 Å². The molecule has 0 aromatic carbocycles. The molecule has 1 aliphatic heterocycles. The van der Waals surface area contributed by atoms with Crippen LogP contribution in [0.3, 0.4) is 0 Å². The Hall–Kier alpha value is 0.0200. The van der Waals surface area contributed by atoms with E-state index in [9.17, 15) is 4.57 Å². The minimum atomic E-state index is -1.79. The van der Waals surface area contributed by atoms with Gasteiger partial charge in [-0.25, -0.2) is 4.57 Å². The van der Waals surface area contributed by atoms with Crippen molar-refractivity contribution in [1.29, 1.82) is 0 Å². The predicted molar refractivity (Wildman–Crippen MR) is 37.8 cm³/mol. The monoisotopic (exact) mass is 163 g/mol. The molecule has 0 bridgehead atoms. The van der Waals surface area contributed by atoms with Crippen molar-refractivity contribution in [2.75, 3.05) is 13.2 Å². The third kappa shape index (κ3) is 2.01. The molecule has 3 nitrogen and oxygen atoms in total. The molecule has 1 radical (unpaired) electrons. The molecular formula is C6H12O3P. The van der Waals surface area contributed by atoms with Crippen molar-refractivity contribution in [2.24, 2.45) is 11.8 Å². The van der Waals surface area contributed by atoms with E-state index in [1.807, 2.05) is 0 Å². The van der Waals surface area contributed by atoms with Crippen molar-refractivity contribution in [2.45, 2.75) is 13.8 Å². The molecule has 0 spiro atoms. The highest BCUT2D eigenvalue weighted by molar-refractivity contribution is 7.33. The van der Waals surface area contributed by atoms with Crippen LogP contribution in [0.2, 0.25) is 0 Å². The van der Waals surface area contributed by atoms with E-state index < -0.39 is 8.25 Å². The SMILES string of the molecule is CC(C)C1CO[P](=O)OC1. The van der Waals surface area contributed by atoms with Gasteiger partial charge in [-0.3, -0.25) is 9.05 Å². The maximum Gasteiger partial charge on any atom is 0.368 e. The van der Waals surface area contributed by atoms with Crippen LogP contribution in [0.4, 0.5) is 0 Å². The highest BCUT2D eigenvalue weighted by Gasteiger charge is 2.22. The van der Waals surface area contributed by atoms with Gasteiger partial charge in [-0.1, -0.05) is 13.8 Å². The van der Waals surface area contributed by atoms with Crippen LogP contribution in [0.1, 0.15) is 13.8 Å². The zero-order valence-electron chi connectivity index (χ0n) is 6.24. The average Bonchev–Trinajstić information content (AvgIpc) is 1.88. The van der Waals surface area contributed by atoms with Gasteiger partial charge in [0.05, 0.1) is 13.2 Å². The Balaban J connectivity index is 2.33. The second-order valence-corrected chi connectivity index (χ2v) is 3.78. The molecule has 1 heterocycles. The van der Waals surface area contributed by atoms with Crippen molar-refractivity contribution < 1.29 is 13.6 Å². The van der Waals surface area contributed by atoms with Crippen molar-refractivity contribution in [3.05, 3.63) is 0 Å². The van der Waals surface area contributed by atoms with Crippen molar-refractivity contribution in [1.82, 2.24) is 0 Å². The van der Waals surface area contributed by atoms with Gasteiger partial charge in [-0.15, -0.1) is 0 Å². The average molecular weight is 163 g/mol. The van der Waals surface area contributed by atoms with Gasteiger partial charge < -0.3 is 0 Å². The third-order valence-electron chi connectivity index (χ3n) is 1.73. The highest BCUT2D eigenvalue weighted by Crippen LogP contribution is 2.32. The maximum atomic E-state index is 10.5. The fourth-order valence-corrected chi connectivity index (χ4v) is 1.48. The Bertz CT molecular complexity index is 125. The first-order chi connectivity index (χ1) is 4.70. The standard InChI is InChI=1S/C6H12O3P/c1-5(2)6-3-8-10(7)9-4-6/h5-6H,3-4H2,1-2H3. The molecule has 10 heavy (non-hydrogen) atoms. The molecule has 0 amide bonds. The lowest BCUT2D eigenvalue weighted by Crippen LogP contribution is -2.22. The summed E-state index contributed by atoms with van der Waals surface area (Å²) in [5.74, 6) is 0.955. The Kier molecular flexibility index (Phi) is 2.78. The molecule has 0 aromatic rings. The topological polar surface area (TPSA) is 35.5 Å². The molecule has 0 N–H and O–H groups in total. The summed E-state index contributed by atoms with van der Waals surface area (Å²) in [6.45, 7) is 5.37. The summed E-state index contributed by atoms with van der Waals surface area (Å²) in [5, 5.41) is 0. The molecule has 0 aliphatic carbocycles. The van der Waals surface area contributed by atoms with E-state index in [1.165, 1.54) is 0 Å². The van der Waals surface area contributed by atoms with Crippen LogP contribution in [-0.2, 0) is 13.6 Å². The smallest absolute Gasteiger partial charge is 0.282 e. The minimum Gasteiger partial charge on any atom is -0.282 e. The van der Waals surface area contributed by atoms with Crippen LogP contribution in [-0.4, -0.2) is 13.2 Å². The van der Waals surface area contributed by atoms with E-state index in [0.717, 1.165) is 0 Å². The first kappa shape index (κ1) is 8.12. The van der Waals surface area contributed by atoms with Crippen LogP contribution in [0.15, 0.2) is 0 Å². The van der Waals surface area contributed by atoms with E-state index in [4.69, 9.17) is 9.05 Å². The van der Waals surface area contributed by atoms with Gasteiger partial charge in [0.2, 0.25) is 0 Å². The van der Waals surface area contributed by atoms with Gasteiger partial charge in [0.1, 0.15) is 0 Å². The molecule has 1 rings (SSSR count). The maximum absolute atomic E-state index is 10.5. The summed E-state index contributed by atoms with van der Waals surface area (Å²) in [5.41, 5.74) is 0. The predicted octanol–water partition coefficient (Wildman–Crippen LogP) is 1.96. The summed E-state index contributed by atoms with van der Waals surface area (Å²) >= 11 is 0. The molecule has 0 saturated carbocycles. The molecule has 0 atom stereocenters. The molecule has 59 valence electrons. The van der Waals surface area contributed by atoms with E-state index in [0.29, 0.717) is 25.0 Å². The van der Waals surface area contributed by atoms with Gasteiger partial charge in [-0.2, -0.15) is 0 Å². The Labute approximate surface area is 61.7 Å². The van der Waals surface area contributed by atoms with E-state index >= 15 is 0 Å². The molecule has 0 aromatic heterocycles. The number of hydrogen-bond donors (Lipinski definition) is 0. The van der Waals surface area contributed by atoms with Crippen LogP contribution in [0, 0.1) is 11.8 Å². The quantitative estimate of drug-likeness (QED) is 0.554. The highest BCUT2D eigenvalue weighted by atomic mass is 31.1. The lowest BCUT2D eigenvalue weighted by molar-refractivity contribution is 0.0832. The summed E-state index contributed by atoms with van der Waals surface area (Å²) in [6.07, 6.45) is 0. The van der Waals surface area contributed by atoms with Crippen molar-refractivity contribution >= 4 is 8.25 Å². The lowest BCUT2D eigenvalue weighted by Gasteiger charge is -2.23. The minimum absolute atomic E-state index is 0.410. The van der Waals surface area contributed by atoms with E-state index in [1.54, 1.807) is 0 Å². The molecule has 4 heteroatoms. The summed E-state index contributed by atoms with van der Waals surface area (Å²) in [7, 11) is -1.79. The van der Waals surface area contributed by atoms with Gasteiger partial charge in [-0.05, 0) is 5.92 Å². The van der Waals surface area contributed by atoms with Gasteiger partial charge >= 0.3 is 8.25 Å². The number of hydrogen-bond acceptors (Lipinski definition) is 3. The summed E-state index contributed by atoms with van der Waals surface area (Å²) in [4.78, 5) is 0. The lowest BCUT2D eigenvalue weighted by atomic mass is 9.98. The normalized spacial score (nSPS) is 31.1. The largest absolute Gasteiger partial charge is 0.368 e. The summed E-state index contributed by atoms with van der Waals surface area (Å²) in [6, 6.07) is 0. The fraction of sp³-hybridized carbons (Fsp3) is 1.00. The third-order valence-corrected chi connectivity index (χ3v) is 2.45. The van der Waals surface area contributed by atoms with Crippen LogP contribution in [0.5, 0.6) is 0 Å². The van der Waals surface area contributed by atoms with Crippen LogP contribution >= 0.6 is 8.25 Å². The molecule has 1 aliphatic rings. The van der Waals surface area contributed by atoms with Gasteiger partial charge in [0.15, 0.2) is 0 Å². The van der Waals surface area contributed by atoms with Crippen LogP contribution in [0.25, 0.3) is 0 Å². The van der Waals surface area contributed by atoms with Crippen LogP contribution < -0.4 is 0 Å². The zero-order chi connectivity index (χ0) is 7.56. The Morgan fingerprint density at radius 2 is 1.90 bits per heavy atom. The van der Waals surface area contributed by atoms with Crippen molar-refractivity contribution in [3.8, 4) is 0 Å². The molecule has 1 fully saturated rings. The second kappa shape index (κ2) is 3.42. The first-order valence-electron chi connectivity index (χ1n) is 3.43. The molecular weight excluding hydrogens is 151 g/mol. The number of rotatable bonds is 1. The van der Waals surface area contributed by atoms with E-state index in [-0.39, 0.29) is 0 Å². The Morgan fingerprint density at radius 1 is 1.40 bits per heavy atom. The summed E-state index contributed by atoms with van der Waals surface area (Å²) < 4.78 is 20.2. The molecule has 0 unspecified atom stereocenters. The first-order valence-corrected chi connectivity index (χ1v) is 4.53. The Morgan fingerprint density at radius 3 is 2.30 bits per heavy atom. The van der Waals surface area contributed by atoms with Gasteiger partial charge in [0.25, 0.3) is 0 Å². The second-order valence-electron chi connectivity index (χ2n) is 2.82. The van der Waals surface area contributed by atoms with Gasteiger partial charge in [0, 0.05) is 5.92 Å².